The SMILES string of the molecule is Cc1cc(N2CCCC(CCc3ccc(F)cc3F)C2)nc(N)n1. The molecule has 3 rings (SSSR count). The molecule has 1 saturated heterocycles. The molecule has 0 saturated carbocycles. The van der Waals surface area contributed by atoms with Crippen LogP contribution in [0, 0.1) is 24.5 Å². The third-order valence-corrected chi connectivity index (χ3v) is 4.54. The van der Waals surface area contributed by atoms with E-state index in [9.17, 15) is 8.78 Å². The Hall–Kier alpha value is -2.24. The van der Waals surface area contributed by atoms with Crippen LogP contribution in [0.3, 0.4) is 0 Å². The van der Waals surface area contributed by atoms with Gasteiger partial charge >= 0.3 is 0 Å². The minimum absolute atomic E-state index is 0.292. The first-order valence-corrected chi connectivity index (χ1v) is 8.31. The Morgan fingerprint density at radius 2 is 2.08 bits per heavy atom. The van der Waals surface area contributed by atoms with E-state index in [-0.39, 0.29) is 0 Å². The lowest BCUT2D eigenvalue weighted by Crippen LogP contribution is -2.36. The summed E-state index contributed by atoms with van der Waals surface area (Å²) in [5.74, 6) is 0.622. The molecule has 2 aromatic rings. The van der Waals surface area contributed by atoms with Crippen molar-refractivity contribution in [1.29, 1.82) is 0 Å². The van der Waals surface area contributed by atoms with Crippen LogP contribution in [0.4, 0.5) is 20.5 Å². The fourth-order valence-corrected chi connectivity index (χ4v) is 3.33. The number of nitrogens with zero attached hydrogens (tertiary/aromatic N) is 3. The van der Waals surface area contributed by atoms with E-state index in [1.807, 2.05) is 13.0 Å². The molecule has 0 aliphatic carbocycles. The third-order valence-electron chi connectivity index (χ3n) is 4.54. The number of anilines is 2. The zero-order valence-electron chi connectivity index (χ0n) is 13.8. The minimum atomic E-state index is -0.531. The summed E-state index contributed by atoms with van der Waals surface area (Å²) in [6.07, 6.45) is 3.67. The molecule has 128 valence electrons. The molecule has 0 spiro atoms. The van der Waals surface area contributed by atoms with Gasteiger partial charge in [0.05, 0.1) is 0 Å². The zero-order chi connectivity index (χ0) is 17.1. The van der Waals surface area contributed by atoms with E-state index in [4.69, 9.17) is 5.73 Å². The van der Waals surface area contributed by atoms with Crippen LogP contribution in [0.25, 0.3) is 0 Å². The van der Waals surface area contributed by atoms with Crippen LogP contribution in [-0.4, -0.2) is 23.1 Å². The van der Waals surface area contributed by atoms with Crippen molar-refractivity contribution in [1.82, 2.24) is 9.97 Å². The third kappa shape index (κ3) is 3.99. The van der Waals surface area contributed by atoms with Gasteiger partial charge in [-0.1, -0.05) is 6.07 Å². The van der Waals surface area contributed by atoms with Gasteiger partial charge in [0.2, 0.25) is 5.95 Å². The lowest BCUT2D eigenvalue weighted by atomic mass is 9.91. The topological polar surface area (TPSA) is 55.0 Å². The molecular formula is C18H22F2N4. The largest absolute Gasteiger partial charge is 0.368 e. The summed E-state index contributed by atoms with van der Waals surface area (Å²) >= 11 is 0. The molecule has 2 heterocycles. The summed E-state index contributed by atoms with van der Waals surface area (Å²) in [7, 11) is 0. The van der Waals surface area contributed by atoms with Gasteiger partial charge in [-0.3, -0.25) is 0 Å². The summed E-state index contributed by atoms with van der Waals surface area (Å²) in [4.78, 5) is 10.7. The number of hydrogen-bond donors (Lipinski definition) is 1. The van der Waals surface area contributed by atoms with Gasteiger partial charge in [-0.15, -0.1) is 0 Å². The molecule has 0 radical (unpaired) electrons. The van der Waals surface area contributed by atoms with Crippen molar-refractivity contribution in [2.24, 2.45) is 5.92 Å². The van der Waals surface area contributed by atoms with Crippen LogP contribution in [0.2, 0.25) is 0 Å². The average molecular weight is 332 g/mol. The van der Waals surface area contributed by atoms with Crippen LogP contribution in [0.15, 0.2) is 24.3 Å². The molecule has 1 unspecified atom stereocenters. The van der Waals surface area contributed by atoms with Gasteiger partial charge in [0.25, 0.3) is 0 Å². The summed E-state index contributed by atoms with van der Waals surface area (Å²) in [5.41, 5.74) is 7.18. The Kier molecular flexibility index (Phi) is 4.92. The van der Waals surface area contributed by atoms with Crippen LogP contribution in [0.5, 0.6) is 0 Å². The Morgan fingerprint density at radius 3 is 2.83 bits per heavy atom. The highest BCUT2D eigenvalue weighted by Crippen LogP contribution is 2.26. The smallest absolute Gasteiger partial charge is 0.222 e. The van der Waals surface area contributed by atoms with Gasteiger partial charge in [0.15, 0.2) is 0 Å². The number of halogens is 2. The molecule has 0 bridgehead atoms. The number of hydrogen-bond acceptors (Lipinski definition) is 4. The Morgan fingerprint density at radius 1 is 1.25 bits per heavy atom. The maximum absolute atomic E-state index is 13.8. The molecule has 1 aliphatic rings. The van der Waals surface area contributed by atoms with E-state index in [1.54, 1.807) is 6.07 Å². The number of nitrogens with two attached hydrogens (primary N) is 1. The second-order valence-electron chi connectivity index (χ2n) is 6.45. The van der Waals surface area contributed by atoms with Crippen LogP contribution >= 0.6 is 0 Å². The highest BCUT2D eigenvalue weighted by atomic mass is 19.1. The van der Waals surface area contributed by atoms with Crippen molar-refractivity contribution in [3.05, 3.63) is 47.2 Å². The standard InChI is InChI=1S/C18H22F2N4/c1-12-9-17(23-18(21)22-12)24-8-2-3-13(11-24)4-5-14-6-7-15(19)10-16(14)20/h6-7,9-10,13H,2-5,8,11H2,1H3,(H2,21,22,23). The summed E-state index contributed by atoms with van der Waals surface area (Å²) in [6.45, 7) is 3.72. The Bertz CT molecular complexity index is 700. The lowest BCUT2D eigenvalue weighted by Gasteiger charge is -2.33. The second-order valence-corrected chi connectivity index (χ2v) is 6.45. The number of piperidine rings is 1. The predicted molar refractivity (Wildman–Crippen MR) is 90.8 cm³/mol. The minimum Gasteiger partial charge on any atom is -0.368 e. The predicted octanol–water partition coefficient (Wildman–Crippen LogP) is 3.49. The summed E-state index contributed by atoms with van der Waals surface area (Å²) in [6, 6.07) is 5.76. The monoisotopic (exact) mass is 332 g/mol. The molecule has 2 N–H and O–H groups in total. The van der Waals surface area contributed by atoms with Crippen molar-refractivity contribution in [2.45, 2.75) is 32.6 Å². The molecule has 4 nitrogen and oxygen atoms in total. The van der Waals surface area contributed by atoms with Crippen molar-refractivity contribution < 1.29 is 8.78 Å². The van der Waals surface area contributed by atoms with Gasteiger partial charge in [0.1, 0.15) is 17.5 Å². The van der Waals surface area contributed by atoms with Gasteiger partial charge < -0.3 is 10.6 Å². The zero-order valence-corrected chi connectivity index (χ0v) is 13.8. The van der Waals surface area contributed by atoms with E-state index in [0.717, 1.165) is 49.9 Å². The molecule has 1 fully saturated rings. The molecular weight excluding hydrogens is 310 g/mol. The van der Waals surface area contributed by atoms with Gasteiger partial charge in [-0.2, -0.15) is 4.98 Å². The normalized spacial score (nSPS) is 18.0. The van der Waals surface area contributed by atoms with Crippen molar-refractivity contribution in [3.8, 4) is 0 Å². The van der Waals surface area contributed by atoms with E-state index in [1.165, 1.54) is 6.07 Å². The molecule has 1 aliphatic heterocycles. The van der Waals surface area contributed by atoms with Crippen LogP contribution in [0.1, 0.15) is 30.5 Å². The Labute approximate surface area is 140 Å². The first kappa shape index (κ1) is 16.6. The van der Waals surface area contributed by atoms with E-state index >= 15 is 0 Å². The van der Waals surface area contributed by atoms with Crippen LogP contribution in [-0.2, 0) is 6.42 Å². The quantitative estimate of drug-likeness (QED) is 0.931. The summed E-state index contributed by atoms with van der Waals surface area (Å²) in [5, 5.41) is 0. The lowest BCUT2D eigenvalue weighted by molar-refractivity contribution is 0.388. The average Bonchev–Trinajstić information content (AvgIpc) is 2.53. The number of benzene rings is 1. The number of aryl methyl sites for hydroxylation is 2. The molecule has 1 aromatic carbocycles. The number of rotatable bonds is 4. The molecule has 24 heavy (non-hydrogen) atoms. The van der Waals surface area contributed by atoms with Crippen molar-refractivity contribution in [3.63, 3.8) is 0 Å². The maximum atomic E-state index is 13.8. The van der Waals surface area contributed by atoms with Gasteiger partial charge in [-0.05, 0) is 50.2 Å². The Balaban J connectivity index is 1.63. The van der Waals surface area contributed by atoms with E-state index in [2.05, 4.69) is 14.9 Å². The molecule has 6 heteroatoms. The van der Waals surface area contributed by atoms with Crippen molar-refractivity contribution in [2.75, 3.05) is 23.7 Å². The van der Waals surface area contributed by atoms with Crippen molar-refractivity contribution >= 4 is 11.8 Å². The van der Waals surface area contributed by atoms with E-state index < -0.39 is 11.6 Å². The van der Waals surface area contributed by atoms with Crippen LogP contribution < -0.4 is 10.6 Å². The maximum Gasteiger partial charge on any atom is 0.222 e. The molecule has 0 amide bonds. The first-order valence-electron chi connectivity index (χ1n) is 8.31. The van der Waals surface area contributed by atoms with Gasteiger partial charge in [-0.25, -0.2) is 13.8 Å². The first-order chi connectivity index (χ1) is 11.5. The second kappa shape index (κ2) is 7.11. The fraction of sp³-hybridized carbons (Fsp3) is 0.444. The summed E-state index contributed by atoms with van der Waals surface area (Å²) < 4.78 is 26.7. The highest BCUT2D eigenvalue weighted by molar-refractivity contribution is 5.43. The van der Waals surface area contributed by atoms with E-state index in [0.29, 0.717) is 23.9 Å². The molecule has 1 atom stereocenters. The highest BCUT2D eigenvalue weighted by Gasteiger charge is 2.21. The molecule has 1 aromatic heterocycles. The number of aromatic nitrogens is 2. The van der Waals surface area contributed by atoms with Gasteiger partial charge in [0, 0.05) is 30.9 Å². The fourth-order valence-electron chi connectivity index (χ4n) is 3.33. The number of nitrogen functional groups attached to an aromatic ring is 1.